The molecule has 0 spiro atoms. The Bertz CT molecular complexity index is 462. The summed E-state index contributed by atoms with van der Waals surface area (Å²) in [6.45, 7) is 1.71. The van der Waals surface area contributed by atoms with Gasteiger partial charge in [-0.05, 0) is 25.5 Å². The fraction of sp³-hybridized carbons (Fsp3) is 0.700. The van der Waals surface area contributed by atoms with Crippen LogP contribution in [0.4, 0.5) is 0 Å². The molecule has 2 heterocycles. The highest BCUT2D eigenvalue weighted by Gasteiger charge is 2.26. The van der Waals surface area contributed by atoms with Gasteiger partial charge in [0.25, 0.3) is 0 Å². The van der Waals surface area contributed by atoms with Gasteiger partial charge in [0.1, 0.15) is 0 Å². The summed E-state index contributed by atoms with van der Waals surface area (Å²) in [7, 11) is -1.43. The van der Waals surface area contributed by atoms with Crippen LogP contribution < -0.4 is 10.0 Å². The van der Waals surface area contributed by atoms with Crippen molar-refractivity contribution in [3.05, 3.63) is 18.0 Å². The first kappa shape index (κ1) is 12.5. The molecule has 1 aliphatic heterocycles. The maximum Gasteiger partial charge on any atom is 0.216 e. The molecule has 2 rings (SSSR count). The number of rotatable bonds is 4. The third kappa shape index (κ3) is 3.27. The Morgan fingerprint density at radius 1 is 1.65 bits per heavy atom. The van der Waals surface area contributed by atoms with Crippen molar-refractivity contribution < 1.29 is 8.42 Å². The molecule has 0 bridgehead atoms. The van der Waals surface area contributed by atoms with Gasteiger partial charge in [-0.2, -0.15) is 5.10 Å². The van der Waals surface area contributed by atoms with Crippen LogP contribution in [0.25, 0.3) is 0 Å². The molecule has 17 heavy (non-hydrogen) atoms. The first-order valence-electron chi connectivity index (χ1n) is 5.75. The molecule has 1 aromatic heterocycles. The number of aromatic nitrogens is 2. The average molecular weight is 258 g/mol. The molecule has 2 N–H and O–H groups in total. The highest BCUT2D eigenvalue weighted by atomic mass is 32.2. The van der Waals surface area contributed by atoms with Crippen molar-refractivity contribution in [3.63, 3.8) is 0 Å². The van der Waals surface area contributed by atoms with Gasteiger partial charge in [0.15, 0.2) is 0 Å². The van der Waals surface area contributed by atoms with Crippen molar-refractivity contribution in [3.8, 4) is 0 Å². The van der Waals surface area contributed by atoms with Crippen LogP contribution in [0.15, 0.2) is 12.3 Å². The van der Waals surface area contributed by atoms with Crippen molar-refractivity contribution in [1.29, 1.82) is 0 Å². The van der Waals surface area contributed by atoms with Crippen LogP contribution in [0.3, 0.4) is 0 Å². The minimum absolute atomic E-state index is 0.264. The zero-order valence-electron chi connectivity index (χ0n) is 9.89. The molecule has 1 fully saturated rings. The van der Waals surface area contributed by atoms with Gasteiger partial charge in [-0.15, -0.1) is 0 Å². The van der Waals surface area contributed by atoms with E-state index in [4.69, 9.17) is 0 Å². The Morgan fingerprint density at radius 2 is 2.47 bits per heavy atom. The van der Waals surface area contributed by atoms with Gasteiger partial charge >= 0.3 is 0 Å². The van der Waals surface area contributed by atoms with E-state index >= 15 is 0 Å². The van der Waals surface area contributed by atoms with Crippen LogP contribution in [-0.4, -0.2) is 36.5 Å². The third-order valence-corrected chi connectivity index (χ3v) is 4.74. The first-order chi connectivity index (χ1) is 8.08. The van der Waals surface area contributed by atoms with Crippen molar-refractivity contribution in [1.82, 2.24) is 19.8 Å². The van der Waals surface area contributed by atoms with Crippen molar-refractivity contribution in [2.24, 2.45) is 7.05 Å². The summed E-state index contributed by atoms with van der Waals surface area (Å²) in [5.41, 5.74) is 0.736. The Balaban J connectivity index is 1.92. The number of hydrogen-bond acceptors (Lipinski definition) is 4. The second-order valence-corrected chi connectivity index (χ2v) is 6.36. The number of nitrogens with zero attached hydrogens (tertiary/aromatic N) is 2. The van der Waals surface area contributed by atoms with Crippen LogP contribution in [0.2, 0.25) is 0 Å². The van der Waals surface area contributed by atoms with Gasteiger partial charge in [0.2, 0.25) is 10.0 Å². The minimum Gasteiger partial charge on any atom is -0.315 e. The van der Waals surface area contributed by atoms with Crippen LogP contribution in [0, 0.1) is 0 Å². The minimum atomic E-state index is -3.23. The Kier molecular flexibility index (Phi) is 3.80. The van der Waals surface area contributed by atoms with E-state index in [0.29, 0.717) is 6.54 Å². The largest absolute Gasteiger partial charge is 0.315 e. The summed E-state index contributed by atoms with van der Waals surface area (Å²) < 4.78 is 28.2. The topological polar surface area (TPSA) is 76.0 Å². The molecule has 6 nitrogen and oxygen atoms in total. The molecule has 1 unspecified atom stereocenters. The van der Waals surface area contributed by atoms with Crippen molar-refractivity contribution in [2.75, 3.05) is 13.1 Å². The highest BCUT2D eigenvalue weighted by molar-refractivity contribution is 7.90. The molecular formula is C10H18N4O2S. The maximum absolute atomic E-state index is 12.0. The molecule has 7 heteroatoms. The SMILES string of the molecule is Cn1ccc(CNS(=O)(=O)C2CCCNC2)n1. The molecule has 1 aliphatic rings. The summed E-state index contributed by atoms with van der Waals surface area (Å²) in [5.74, 6) is 0. The molecule has 0 saturated carbocycles. The number of hydrogen-bond donors (Lipinski definition) is 2. The second kappa shape index (κ2) is 5.16. The fourth-order valence-corrected chi connectivity index (χ4v) is 3.33. The van der Waals surface area contributed by atoms with Gasteiger partial charge < -0.3 is 5.32 Å². The van der Waals surface area contributed by atoms with E-state index in [0.717, 1.165) is 25.1 Å². The van der Waals surface area contributed by atoms with E-state index in [2.05, 4.69) is 15.1 Å². The fourth-order valence-electron chi connectivity index (χ4n) is 1.93. The number of sulfonamides is 1. The molecule has 1 aromatic rings. The van der Waals surface area contributed by atoms with Crippen molar-refractivity contribution in [2.45, 2.75) is 24.6 Å². The molecular weight excluding hydrogens is 240 g/mol. The monoisotopic (exact) mass is 258 g/mol. The summed E-state index contributed by atoms with van der Waals surface area (Å²) in [6, 6.07) is 1.81. The summed E-state index contributed by atoms with van der Waals surface area (Å²) in [5, 5.41) is 6.92. The van der Waals surface area contributed by atoms with E-state index in [9.17, 15) is 8.42 Å². The molecule has 1 atom stereocenters. The highest BCUT2D eigenvalue weighted by Crippen LogP contribution is 2.10. The Morgan fingerprint density at radius 3 is 3.06 bits per heavy atom. The molecule has 1 saturated heterocycles. The lowest BCUT2D eigenvalue weighted by molar-refractivity contribution is 0.489. The lowest BCUT2D eigenvalue weighted by Gasteiger charge is -2.22. The van der Waals surface area contributed by atoms with Crippen LogP contribution in [-0.2, 0) is 23.6 Å². The lowest BCUT2D eigenvalue weighted by atomic mass is 10.2. The summed E-state index contributed by atoms with van der Waals surface area (Å²) in [6.07, 6.45) is 3.44. The van der Waals surface area contributed by atoms with Crippen LogP contribution in [0.5, 0.6) is 0 Å². The van der Waals surface area contributed by atoms with Gasteiger partial charge in [0, 0.05) is 19.8 Å². The average Bonchev–Trinajstić information content (AvgIpc) is 2.74. The van der Waals surface area contributed by atoms with E-state index in [-0.39, 0.29) is 11.8 Å². The molecule has 0 amide bonds. The smallest absolute Gasteiger partial charge is 0.216 e. The van der Waals surface area contributed by atoms with Crippen LogP contribution in [0.1, 0.15) is 18.5 Å². The van der Waals surface area contributed by atoms with Gasteiger partial charge in [0.05, 0.1) is 17.5 Å². The van der Waals surface area contributed by atoms with E-state index in [1.807, 2.05) is 13.1 Å². The second-order valence-electron chi connectivity index (χ2n) is 4.32. The van der Waals surface area contributed by atoms with Gasteiger partial charge in [-0.3, -0.25) is 4.68 Å². The normalized spacial score (nSPS) is 21.6. The molecule has 0 radical (unpaired) electrons. The Labute approximate surface area is 101 Å². The molecule has 0 aliphatic carbocycles. The lowest BCUT2D eigenvalue weighted by Crippen LogP contribution is -2.44. The number of aryl methyl sites for hydroxylation is 1. The van der Waals surface area contributed by atoms with E-state index < -0.39 is 10.0 Å². The van der Waals surface area contributed by atoms with Crippen LogP contribution >= 0.6 is 0 Å². The van der Waals surface area contributed by atoms with Crippen molar-refractivity contribution >= 4 is 10.0 Å². The number of piperidine rings is 1. The molecule has 96 valence electrons. The summed E-state index contributed by atoms with van der Waals surface area (Å²) in [4.78, 5) is 0. The predicted molar refractivity (Wildman–Crippen MR) is 64.9 cm³/mol. The quantitative estimate of drug-likeness (QED) is 0.770. The third-order valence-electron chi connectivity index (χ3n) is 2.91. The zero-order chi connectivity index (χ0) is 12.3. The molecule has 0 aromatic carbocycles. The zero-order valence-corrected chi connectivity index (χ0v) is 10.7. The first-order valence-corrected chi connectivity index (χ1v) is 7.30. The van der Waals surface area contributed by atoms with Gasteiger partial charge in [-0.1, -0.05) is 0 Å². The van der Waals surface area contributed by atoms with E-state index in [1.165, 1.54) is 0 Å². The predicted octanol–water partition coefficient (Wildman–Crippen LogP) is -0.408. The number of nitrogens with one attached hydrogen (secondary N) is 2. The maximum atomic E-state index is 12.0. The summed E-state index contributed by atoms with van der Waals surface area (Å²) >= 11 is 0. The van der Waals surface area contributed by atoms with E-state index in [1.54, 1.807) is 10.9 Å². The Hall–Kier alpha value is -0.920. The van der Waals surface area contributed by atoms with Gasteiger partial charge in [-0.25, -0.2) is 13.1 Å². The standard InChI is InChI=1S/C10H18N4O2S/c1-14-6-4-9(13-14)7-12-17(15,16)10-3-2-5-11-8-10/h4,6,10-12H,2-3,5,7-8H2,1H3.